The number of nitrogens with one attached hydrogen (secondary N) is 1. The molecule has 0 spiro atoms. The Hall–Kier alpha value is -1.83. The molecule has 1 aromatic heterocycles. The molecule has 0 aliphatic heterocycles. The number of aromatic nitrogens is 1. The number of nitrogens with zero attached hydrogens (tertiary/aromatic N) is 1. The zero-order valence-corrected chi connectivity index (χ0v) is 11.8. The molecule has 19 heavy (non-hydrogen) atoms. The number of hydrogen-bond acceptors (Lipinski definition) is 7. The highest BCUT2D eigenvalue weighted by molar-refractivity contribution is 7.90. The van der Waals surface area contributed by atoms with E-state index in [2.05, 4.69) is 15.0 Å². The molecule has 7 nitrogen and oxygen atoms in total. The van der Waals surface area contributed by atoms with E-state index in [0.717, 1.165) is 6.26 Å². The molecule has 1 unspecified atom stereocenters. The van der Waals surface area contributed by atoms with Gasteiger partial charge in [-0.15, -0.1) is 0 Å². The second kappa shape index (κ2) is 5.87. The Morgan fingerprint density at radius 1 is 1.58 bits per heavy atom. The van der Waals surface area contributed by atoms with E-state index < -0.39 is 21.8 Å². The van der Waals surface area contributed by atoms with Crippen LogP contribution in [0.15, 0.2) is 12.3 Å². The van der Waals surface area contributed by atoms with Crippen molar-refractivity contribution < 1.29 is 17.9 Å². The van der Waals surface area contributed by atoms with E-state index >= 15 is 0 Å². The quantitative estimate of drug-likeness (QED) is 0.749. The summed E-state index contributed by atoms with van der Waals surface area (Å²) in [6.45, 7) is 1.68. The first-order chi connectivity index (χ1) is 8.73. The van der Waals surface area contributed by atoms with Crippen LogP contribution in [0.5, 0.6) is 0 Å². The van der Waals surface area contributed by atoms with Crippen molar-refractivity contribution in [3.63, 3.8) is 0 Å². The van der Waals surface area contributed by atoms with Crippen LogP contribution in [0.4, 0.5) is 11.5 Å². The highest BCUT2D eigenvalue weighted by Crippen LogP contribution is 2.17. The average molecular weight is 287 g/mol. The van der Waals surface area contributed by atoms with Crippen molar-refractivity contribution in [2.45, 2.75) is 13.0 Å². The summed E-state index contributed by atoms with van der Waals surface area (Å²) in [7, 11) is -1.88. The maximum Gasteiger partial charge on any atom is 0.341 e. The van der Waals surface area contributed by atoms with Crippen molar-refractivity contribution in [2.75, 3.05) is 30.2 Å². The van der Waals surface area contributed by atoms with Crippen LogP contribution in [-0.4, -0.2) is 44.5 Å². The van der Waals surface area contributed by atoms with Gasteiger partial charge < -0.3 is 15.8 Å². The highest BCUT2D eigenvalue weighted by Gasteiger charge is 2.17. The van der Waals surface area contributed by atoms with Gasteiger partial charge in [-0.1, -0.05) is 0 Å². The standard InChI is InChI=1S/C11H17N3O4S/c1-7(6-19(3,16)17)14-10-9(11(15)18-2)4-8(12)5-13-10/h4-5,7H,6,12H2,1-3H3,(H,13,14). The van der Waals surface area contributed by atoms with Crippen LogP contribution in [0.25, 0.3) is 0 Å². The van der Waals surface area contributed by atoms with Gasteiger partial charge in [0.25, 0.3) is 0 Å². The van der Waals surface area contributed by atoms with Gasteiger partial charge in [-0.25, -0.2) is 18.2 Å². The molecule has 1 atom stereocenters. The maximum absolute atomic E-state index is 11.6. The minimum Gasteiger partial charge on any atom is -0.465 e. The Balaban J connectivity index is 2.97. The van der Waals surface area contributed by atoms with Gasteiger partial charge in [0.15, 0.2) is 0 Å². The van der Waals surface area contributed by atoms with Crippen LogP contribution in [-0.2, 0) is 14.6 Å². The number of esters is 1. The first-order valence-electron chi connectivity index (χ1n) is 5.51. The number of methoxy groups -OCH3 is 1. The maximum atomic E-state index is 11.6. The molecule has 0 aliphatic carbocycles. The summed E-state index contributed by atoms with van der Waals surface area (Å²) in [4.78, 5) is 15.6. The summed E-state index contributed by atoms with van der Waals surface area (Å²) >= 11 is 0. The third-order valence-electron chi connectivity index (χ3n) is 2.25. The SMILES string of the molecule is COC(=O)c1cc(N)cnc1NC(C)CS(C)(=O)=O. The number of nitrogens with two attached hydrogens (primary N) is 1. The fourth-order valence-corrected chi connectivity index (χ4v) is 2.58. The summed E-state index contributed by atoms with van der Waals surface area (Å²) < 4.78 is 27.0. The molecule has 0 saturated carbocycles. The summed E-state index contributed by atoms with van der Waals surface area (Å²) in [5.74, 6) is -0.411. The lowest BCUT2D eigenvalue weighted by atomic mass is 10.2. The minimum atomic E-state index is -3.12. The number of ether oxygens (including phenoxy) is 1. The van der Waals surface area contributed by atoms with Gasteiger partial charge in [-0.05, 0) is 13.0 Å². The lowest BCUT2D eigenvalue weighted by Crippen LogP contribution is -2.26. The molecule has 0 bridgehead atoms. The summed E-state index contributed by atoms with van der Waals surface area (Å²) in [5.41, 5.74) is 6.05. The monoisotopic (exact) mass is 287 g/mol. The number of carbonyl (C=O) groups excluding carboxylic acids is 1. The smallest absolute Gasteiger partial charge is 0.341 e. The Bertz CT molecular complexity index is 571. The number of hydrogen-bond donors (Lipinski definition) is 2. The molecule has 0 saturated heterocycles. The van der Waals surface area contributed by atoms with E-state index in [0.29, 0.717) is 5.69 Å². The predicted molar refractivity (Wildman–Crippen MR) is 72.8 cm³/mol. The van der Waals surface area contributed by atoms with E-state index in [4.69, 9.17) is 5.73 Å². The summed E-state index contributed by atoms with van der Waals surface area (Å²) in [5, 5.41) is 2.86. The average Bonchev–Trinajstić information content (AvgIpc) is 2.28. The predicted octanol–water partition coefficient (Wildman–Crippen LogP) is 0.295. The van der Waals surface area contributed by atoms with Gasteiger partial charge in [0.2, 0.25) is 0 Å². The Morgan fingerprint density at radius 2 is 2.21 bits per heavy atom. The number of rotatable bonds is 5. The number of nitrogen functional groups attached to an aromatic ring is 1. The van der Waals surface area contributed by atoms with Crippen molar-refractivity contribution in [1.82, 2.24) is 4.98 Å². The first-order valence-corrected chi connectivity index (χ1v) is 7.57. The fourth-order valence-electron chi connectivity index (χ4n) is 1.59. The van der Waals surface area contributed by atoms with Crippen molar-refractivity contribution in [2.24, 2.45) is 0 Å². The topological polar surface area (TPSA) is 111 Å². The van der Waals surface area contributed by atoms with Crippen LogP contribution in [0.2, 0.25) is 0 Å². The molecular weight excluding hydrogens is 270 g/mol. The molecule has 0 amide bonds. The molecule has 0 aromatic carbocycles. The third-order valence-corrected chi connectivity index (χ3v) is 3.36. The molecule has 0 radical (unpaired) electrons. The Kier molecular flexibility index (Phi) is 4.71. The van der Waals surface area contributed by atoms with E-state index in [9.17, 15) is 13.2 Å². The first kappa shape index (κ1) is 15.2. The number of pyridine rings is 1. The summed E-state index contributed by atoms with van der Waals surface area (Å²) in [6, 6.07) is 1.03. The van der Waals surface area contributed by atoms with Gasteiger partial charge in [0.05, 0.1) is 24.7 Å². The Labute approximate surface area is 112 Å². The zero-order chi connectivity index (χ0) is 14.6. The molecule has 1 heterocycles. The third kappa shape index (κ3) is 4.74. The van der Waals surface area contributed by atoms with Crippen molar-refractivity contribution in [1.29, 1.82) is 0 Å². The van der Waals surface area contributed by atoms with Crippen molar-refractivity contribution in [3.05, 3.63) is 17.8 Å². The fraction of sp³-hybridized carbons (Fsp3) is 0.455. The van der Waals surface area contributed by atoms with Crippen molar-refractivity contribution >= 4 is 27.3 Å². The molecule has 0 fully saturated rings. The molecule has 1 rings (SSSR count). The van der Waals surface area contributed by atoms with Crippen LogP contribution in [0, 0.1) is 0 Å². The molecule has 1 aromatic rings. The molecule has 0 aliphatic rings. The lowest BCUT2D eigenvalue weighted by Gasteiger charge is -2.15. The minimum absolute atomic E-state index is 0.0698. The van der Waals surface area contributed by atoms with Gasteiger partial charge in [0, 0.05) is 12.3 Å². The molecular formula is C11H17N3O4S. The van der Waals surface area contributed by atoms with Crippen molar-refractivity contribution in [3.8, 4) is 0 Å². The molecule has 106 valence electrons. The van der Waals surface area contributed by atoms with Crippen LogP contribution in [0.1, 0.15) is 17.3 Å². The van der Waals surface area contributed by atoms with E-state index in [1.54, 1.807) is 6.92 Å². The largest absolute Gasteiger partial charge is 0.465 e. The Morgan fingerprint density at radius 3 is 2.74 bits per heavy atom. The van der Waals surface area contributed by atoms with Gasteiger partial charge in [0.1, 0.15) is 21.2 Å². The second-order valence-electron chi connectivity index (χ2n) is 4.29. The van der Waals surface area contributed by atoms with Gasteiger partial charge in [-0.3, -0.25) is 0 Å². The van der Waals surface area contributed by atoms with Crippen LogP contribution >= 0.6 is 0 Å². The van der Waals surface area contributed by atoms with E-state index in [1.165, 1.54) is 19.4 Å². The molecule has 3 N–H and O–H groups in total. The summed E-state index contributed by atoms with van der Waals surface area (Å²) in [6.07, 6.45) is 2.52. The second-order valence-corrected chi connectivity index (χ2v) is 6.48. The zero-order valence-electron chi connectivity index (χ0n) is 11.0. The lowest BCUT2D eigenvalue weighted by molar-refractivity contribution is 0.0601. The van der Waals surface area contributed by atoms with Gasteiger partial charge in [-0.2, -0.15) is 0 Å². The number of carbonyl (C=O) groups is 1. The number of anilines is 2. The van der Waals surface area contributed by atoms with Crippen LogP contribution < -0.4 is 11.1 Å². The van der Waals surface area contributed by atoms with Gasteiger partial charge >= 0.3 is 5.97 Å². The van der Waals surface area contributed by atoms with Crippen LogP contribution in [0.3, 0.4) is 0 Å². The van der Waals surface area contributed by atoms with E-state index in [1.807, 2.05) is 0 Å². The highest BCUT2D eigenvalue weighted by atomic mass is 32.2. The van der Waals surface area contributed by atoms with E-state index in [-0.39, 0.29) is 17.1 Å². The normalized spacial score (nSPS) is 12.8. The molecule has 8 heteroatoms. The number of sulfone groups is 1.